The highest BCUT2D eigenvalue weighted by Gasteiger charge is 2.14. The molecule has 0 aliphatic carbocycles. The number of anilines is 1. The van der Waals surface area contributed by atoms with Crippen LogP contribution in [0.2, 0.25) is 0 Å². The van der Waals surface area contributed by atoms with Gasteiger partial charge in [0.2, 0.25) is 5.91 Å². The summed E-state index contributed by atoms with van der Waals surface area (Å²) in [6.07, 6.45) is 0. The van der Waals surface area contributed by atoms with Crippen LogP contribution in [-0.2, 0) is 4.79 Å². The molecule has 0 spiro atoms. The first-order valence-corrected chi connectivity index (χ1v) is 7.69. The maximum absolute atomic E-state index is 11.9. The van der Waals surface area contributed by atoms with Gasteiger partial charge in [-0.1, -0.05) is 12.2 Å². The third-order valence-electron chi connectivity index (χ3n) is 2.74. The molecule has 0 unspecified atom stereocenters. The highest BCUT2D eigenvalue weighted by molar-refractivity contribution is 9.10. The Morgan fingerprint density at radius 1 is 1.50 bits per heavy atom. The van der Waals surface area contributed by atoms with Gasteiger partial charge in [-0.05, 0) is 54.9 Å². The Kier molecular flexibility index (Phi) is 6.42. The minimum absolute atomic E-state index is 0.00664. The van der Waals surface area contributed by atoms with Crippen LogP contribution in [0.1, 0.15) is 26.3 Å². The van der Waals surface area contributed by atoms with Gasteiger partial charge >= 0.3 is 0 Å². The van der Waals surface area contributed by atoms with Gasteiger partial charge < -0.3 is 16.0 Å². The number of benzene rings is 1. The van der Waals surface area contributed by atoms with Crippen molar-refractivity contribution in [1.29, 1.82) is 0 Å². The van der Waals surface area contributed by atoms with Crippen LogP contribution in [0.25, 0.3) is 0 Å². The lowest BCUT2D eigenvalue weighted by Gasteiger charge is -2.24. The summed E-state index contributed by atoms with van der Waals surface area (Å²) in [4.78, 5) is 14.2. The predicted octanol–water partition coefficient (Wildman–Crippen LogP) is 2.43. The standard InChI is InChI=1S/C14H20BrN3OS/c1-4-18(8-13(19)17-9(2)3)12-6-5-10(14(16)20)7-11(12)15/h5-7,9H,4,8H2,1-3H3,(H2,16,20)(H,17,19). The van der Waals surface area contributed by atoms with Crippen LogP contribution in [0.4, 0.5) is 5.69 Å². The van der Waals surface area contributed by atoms with E-state index in [2.05, 4.69) is 21.2 Å². The van der Waals surface area contributed by atoms with E-state index in [4.69, 9.17) is 18.0 Å². The molecule has 1 aromatic rings. The molecule has 0 aromatic heterocycles. The summed E-state index contributed by atoms with van der Waals surface area (Å²) in [7, 11) is 0. The molecule has 0 saturated carbocycles. The van der Waals surface area contributed by atoms with Crippen molar-refractivity contribution in [2.45, 2.75) is 26.8 Å². The summed E-state index contributed by atoms with van der Waals surface area (Å²) in [5.41, 5.74) is 7.36. The van der Waals surface area contributed by atoms with Crippen LogP contribution in [-0.4, -0.2) is 30.0 Å². The Bertz CT molecular complexity index is 505. The SMILES string of the molecule is CCN(CC(=O)NC(C)C)c1ccc(C(N)=S)cc1Br. The summed E-state index contributed by atoms with van der Waals surface area (Å²) >= 11 is 8.46. The van der Waals surface area contributed by atoms with Crippen LogP contribution in [0, 0.1) is 0 Å². The first-order chi connectivity index (χ1) is 9.35. The molecule has 0 saturated heterocycles. The topological polar surface area (TPSA) is 58.4 Å². The Labute approximate surface area is 133 Å². The lowest BCUT2D eigenvalue weighted by Crippen LogP contribution is -2.40. The molecule has 0 aliphatic rings. The second-order valence-electron chi connectivity index (χ2n) is 4.77. The highest BCUT2D eigenvalue weighted by Crippen LogP contribution is 2.27. The molecule has 20 heavy (non-hydrogen) atoms. The third-order valence-corrected chi connectivity index (χ3v) is 3.61. The fourth-order valence-electron chi connectivity index (χ4n) is 1.82. The van der Waals surface area contributed by atoms with E-state index in [9.17, 15) is 4.79 Å². The normalized spacial score (nSPS) is 10.4. The summed E-state index contributed by atoms with van der Waals surface area (Å²) in [5.74, 6) is 0.00664. The van der Waals surface area contributed by atoms with Gasteiger partial charge in [0, 0.05) is 22.6 Å². The Morgan fingerprint density at radius 2 is 2.15 bits per heavy atom. The second-order valence-corrected chi connectivity index (χ2v) is 6.06. The van der Waals surface area contributed by atoms with Gasteiger partial charge in [-0.3, -0.25) is 4.79 Å². The van der Waals surface area contributed by atoms with Gasteiger partial charge in [0.1, 0.15) is 4.99 Å². The molecule has 110 valence electrons. The maximum Gasteiger partial charge on any atom is 0.239 e. The molecule has 1 rings (SSSR count). The smallest absolute Gasteiger partial charge is 0.239 e. The molecule has 3 N–H and O–H groups in total. The largest absolute Gasteiger partial charge is 0.389 e. The number of nitrogens with one attached hydrogen (secondary N) is 1. The highest BCUT2D eigenvalue weighted by atomic mass is 79.9. The molecule has 0 heterocycles. The minimum Gasteiger partial charge on any atom is -0.389 e. The lowest BCUT2D eigenvalue weighted by molar-refractivity contribution is -0.120. The third kappa shape index (κ3) is 4.76. The van der Waals surface area contributed by atoms with E-state index in [1.807, 2.05) is 43.9 Å². The van der Waals surface area contributed by atoms with Crippen molar-refractivity contribution in [3.8, 4) is 0 Å². The number of likely N-dealkylation sites (N-methyl/N-ethyl adjacent to an activating group) is 1. The van der Waals surface area contributed by atoms with Crippen molar-refractivity contribution in [1.82, 2.24) is 5.32 Å². The number of hydrogen-bond donors (Lipinski definition) is 2. The fourth-order valence-corrected chi connectivity index (χ4v) is 2.58. The van der Waals surface area contributed by atoms with Gasteiger partial charge in [-0.25, -0.2) is 0 Å². The van der Waals surface area contributed by atoms with E-state index in [1.165, 1.54) is 0 Å². The number of rotatable bonds is 6. The van der Waals surface area contributed by atoms with E-state index in [1.54, 1.807) is 0 Å². The van der Waals surface area contributed by atoms with Gasteiger partial charge in [-0.15, -0.1) is 0 Å². The van der Waals surface area contributed by atoms with Crippen molar-refractivity contribution in [2.75, 3.05) is 18.0 Å². The number of carbonyl (C=O) groups is 1. The Morgan fingerprint density at radius 3 is 2.60 bits per heavy atom. The molecule has 0 fully saturated rings. The van der Waals surface area contributed by atoms with Gasteiger partial charge in [0.05, 0.1) is 12.2 Å². The molecule has 0 bridgehead atoms. The average Bonchev–Trinajstić information content (AvgIpc) is 2.35. The number of hydrogen-bond acceptors (Lipinski definition) is 3. The zero-order valence-corrected chi connectivity index (χ0v) is 14.3. The summed E-state index contributed by atoms with van der Waals surface area (Å²) in [5, 5.41) is 2.89. The molecular formula is C14H20BrN3OS. The van der Waals surface area contributed by atoms with Crippen molar-refractivity contribution < 1.29 is 4.79 Å². The summed E-state index contributed by atoms with van der Waals surface area (Å²) < 4.78 is 0.877. The number of nitrogens with two attached hydrogens (primary N) is 1. The van der Waals surface area contributed by atoms with Gasteiger partial charge in [0.25, 0.3) is 0 Å². The second kappa shape index (κ2) is 7.59. The van der Waals surface area contributed by atoms with E-state index >= 15 is 0 Å². The van der Waals surface area contributed by atoms with Gasteiger partial charge in [-0.2, -0.15) is 0 Å². The van der Waals surface area contributed by atoms with E-state index < -0.39 is 0 Å². The van der Waals surface area contributed by atoms with Crippen molar-refractivity contribution in [3.05, 3.63) is 28.2 Å². The van der Waals surface area contributed by atoms with Crippen molar-refractivity contribution in [2.24, 2.45) is 5.73 Å². The van der Waals surface area contributed by atoms with Crippen LogP contribution < -0.4 is 16.0 Å². The number of thiocarbonyl (C=S) groups is 1. The first-order valence-electron chi connectivity index (χ1n) is 6.48. The Balaban J connectivity index is 2.90. The zero-order chi connectivity index (χ0) is 15.3. The first kappa shape index (κ1) is 16.9. The predicted molar refractivity (Wildman–Crippen MR) is 91.2 cm³/mol. The fraction of sp³-hybridized carbons (Fsp3) is 0.429. The van der Waals surface area contributed by atoms with Crippen molar-refractivity contribution in [3.63, 3.8) is 0 Å². The molecule has 0 radical (unpaired) electrons. The number of amides is 1. The molecule has 1 amide bonds. The van der Waals surface area contributed by atoms with Gasteiger partial charge in [0.15, 0.2) is 0 Å². The van der Waals surface area contributed by atoms with E-state index in [-0.39, 0.29) is 11.9 Å². The average molecular weight is 358 g/mol. The molecule has 0 atom stereocenters. The minimum atomic E-state index is 0.00664. The van der Waals surface area contributed by atoms with Crippen molar-refractivity contribution >= 4 is 44.7 Å². The molecule has 0 aliphatic heterocycles. The lowest BCUT2D eigenvalue weighted by atomic mass is 10.2. The summed E-state index contributed by atoms with van der Waals surface area (Å²) in [6.45, 7) is 6.95. The molecular weight excluding hydrogens is 338 g/mol. The quantitative estimate of drug-likeness (QED) is 0.767. The summed E-state index contributed by atoms with van der Waals surface area (Å²) in [6, 6.07) is 5.80. The number of halogens is 1. The molecule has 6 heteroatoms. The Hall–Kier alpha value is -1.14. The maximum atomic E-state index is 11.9. The monoisotopic (exact) mass is 357 g/mol. The number of carbonyl (C=O) groups excluding carboxylic acids is 1. The molecule has 4 nitrogen and oxygen atoms in total. The van der Waals surface area contributed by atoms with Crippen LogP contribution in [0.5, 0.6) is 0 Å². The van der Waals surface area contributed by atoms with E-state index in [0.717, 1.165) is 22.3 Å². The van der Waals surface area contributed by atoms with Crippen LogP contribution >= 0.6 is 28.1 Å². The van der Waals surface area contributed by atoms with Crippen LogP contribution in [0.3, 0.4) is 0 Å². The number of nitrogens with zero attached hydrogens (tertiary/aromatic N) is 1. The van der Waals surface area contributed by atoms with E-state index in [0.29, 0.717) is 11.5 Å². The molecule has 1 aromatic carbocycles. The van der Waals surface area contributed by atoms with Crippen LogP contribution in [0.15, 0.2) is 22.7 Å². The zero-order valence-electron chi connectivity index (χ0n) is 11.9.